The number of amides is 1. The van der Waals surface area contributed by atoms with Crippen molar-refractivity contribution in [3.8, 4) is 0 Å². The second kappa shape index (κ2) is 5.06. The Labute approximate surface area is 116 Å². The lowest BCUT2D eigenvalue weighted by atomic mass is 10.2. The third-order valence-corrected chi connectivity index (χ3v) is 3.75. The zero-order valence-electron chi connectivity index (χ0n) is 11.0. The summed E-state index contributed by atoms with van der Waals surface area (Å²) in [5.74, 6) is -0.367. The van der Waals surface area contributed by atoms with E-state index in [9.17, 15) is 13.2 Å². The summed E-state index contributed by atoms with van der Waals surface area (Å²) in [5.41, 5.74) is 1.22. The number of rotatable bonds is 3. The van der Waals surface area contributed by atoms with E-state index in [1.54, 1.807) is 30.8 Å². The predicted octanol–water partition coefficient (Wildman–Crippen LogP) is 0.628. The maximum Gasteiger partial charge on any atom is 0.275 e. The van der Waals surface area contributed by atoms with Crippen LogP contribution < -0.4 is 10.5 Å². The Morgan fingerprint density at radius 2 is 2.10 bits per heavy atom. The summed E-state index contributed by atoms with van der Waals surface area (Å²) < 4.78 is 24.2. The molecule has 8 heteroatoms. The highest BCUT2D eigenvalue weighted by Gasteiger charge is 2.13. The Balaban J connectivity index is 2.23. The van der Waals surface area contributed by atoms with Crippen molar-refractivity contribution < 1.29 is 13.2 Å². The first-order chi connectivity index (χ1) is 9.27. The van der Waals surface area contributed by atoms with Crippen LogP contribution in [0.15, 0.2) is 35.6 Å². The van der Waals surface area contributed by atoms with Crippen LogP contribution in [0.1, 0.15) is 16.1 Å². The van der Waals surface area contributed by atoms with Gasteiger partial charge in [0.15, 0.2) is 0 Å². The highest BCUT2D eigenvalue weighted by molar-refractivity contribution is 7.89. The number of aryl methyl sites for hydroxylation is 2. The second-order valence-electron chi connectivity index (χ2n) is 4.40. The third kappa shape index (κ3) is 3.03. The van der Waals surface area contributed by atoms with E-state index >= 15 is 0 Å². The largest absolute Gasteiger partial charge is 0.340 e. The molecule has 0 unspecified atom stereocenters. The van der Waals surface area contributed by atoms with Gasteiger partial charge in [-0.1, -0.05) is 0 Å². The number of aromatic nitrogens is 2. The topological polar surface area (TPSA) is 107 Å². The average molecular weight is 294 g/mol. The van der Waals surface area contributed by atoms with Gasteiger partial charge in [-0.3, -0.25) is 4.79 Å². The molecule has 1 amide bonds. The number of nitrogens with one attached hydrogen (secondary N) is 1. The molecule has 0 radical (unpaired) electrons. The minimum Gasteiger partial charge on any atom is -0.340 e. The van der Waals surface area contributed by atoms with Crippen LogP contribution in [-0.4, -0.2) is 23.9 Å². The number of hydrogen-bond acceptors (Lipinski definition) is 4. The molecule has 106 valence electrons. The third-order valence-electron chi connectivity index (χ3n) is 2.68. The van der Waals surface area contributed by atoms with Gasteiger partial charge >= 0.3 is 0 Å². The van der Waals surface area contributed by atoms with Gasteiger partial charge in [-0.25, -0.2) is 18.5 Å². The van der Waals surface area contributed by atoms with Crippen molar-refractivity contribution in [3.63, 3.8) is 0 Å². The van der Waals surface area contributed by atoms with Gasteiger partial charge in [-0.05, 0) is 30.7 Å². The van der Waals surface area contributed by atoms with Crippen LogP contribution in [0.3, 0.4) is 0 Å². The Bertz CT molecular complexity index is 765. The molecule has 0 aliphatic carbocycles. The number of nitrogens with two attached hydrogens (primary N) is 1. The molecule has 0 atom stereocenters. The molecular formula is C12H14N4O3S. The first kappa shape index (κ1) is 14.2. The van der Waals surface area contributed by atoms with Gasteiger partial charge in [0, 0.05) is 18.9 Å². The number of carbonyl (C=O) groups excluding carboxylic acids is 1. The van der Waals surface area contributed by atoms with E-state index in [2.05, 4.69) is 10.3 Å². The summed E-state index contributed by atoms with van der Waals surface area (Å²) in [5, 5.41) is 7.72. The van der Waals surface area contributed by atoms with E-state index in [1.807, 2.05) is 0 Å². The normalized spacial score (nSPS) is 11.3. The molecule has 2 rings (SSSR count). The lowest BCUT2D eigenvalue weighted by Crippen LogP contribution is -2.15. The molecular weight excluding hydrogens is 280 g/mol. The first-order valence-corrected chi connectivity index (χ1v) is 7.25. The SMILES string of the molecule is Cc1cc(NC(=O)c2cn(C)cn2)ccc1S(N)(=O)=O. The van der Waals surface area contributed by atoms with Gasteiger partial charge < -0.3 is 9.88 Å². The van der Waals surface area contributed by atoms with E-state index < -0.39 is 10.0 Å². The number of sulfonamides is 1. The second-order valence-corrected chi connectivity index (χ2v) is 5.93. The molecule has 2 aromatic rings. The Hall–Kier alpha value is -2.19. The Kier molecular flexibility index (Phi) is 3.60. The van der Waals surface area contributed by atoms with Gasteiger partial charge in [0.25, 0.3) is 5.91 Å². The van der Waals surface area contributed by atoms with Crippen molar-refractivity contribution in [1.29, 1.82) is 0 Å². The van der Waals surface area contributed by atoms with Crippen LogP contribution in [-0.2, 0) is 17.1 Å². The zero-order chi connectivity index (χ0) is 14.9. The van der Waals surface area contributed by atoms with Crippen LogP contribution in [0.25, 0.3) is 0 Å². The molecule has 0 spiro atoms. The first-order valence-electron chi connectivity index (χ1n) is 5.70. The number of carbonyl (C=O) groups is 1. The molecule has 0 fully saturated rings. The Morgan fingerprint density at radius 3 is 2.60 bits per heavy atom. The van der Waals surface area contributed by atoms with E-state index in [1.165, 1.54) is 18.5 Å². The number of nitrogens with zero attached hydrogens (tertiary/aromatic N) is 2. The summed E-state index contributed by atoms with van der Waals surface area (Å²) in [6.07, 6.45) is 3.10. The van der Waals surface area contributed by atoms with Gasteiger partial charge in [-0.2, -0.15) is 0 Å². The van der Waals surface area contributed by atoms with Crippen molar-refractivity contribution in [1.82, 2.24) is 9.55 Å². The van der Waals surface area contributed by atoms with Crippen LogP contribution in [0, 0.1) is 6.92 Å². The molecule has 0 aliphatic heterocycles. The fourth-order valence-corrected chi connectivity index (χ4v) is 2.54. The van der Waals surface area contributed by atoms with Crippen LogP contribution in [0.2, 0.25) is 0 Å². The van der Waals surface area contributed by atoms with E-state index in [4.69, 9.17) is 5.14 Å². The smallest absolute Gasteiger partial charge is 0.275 e. The summed E-state index contributed by atoms with van der Waals surface area (Å²) in [6, 6.07) is 4.38. The maximum absolute atomic E-state index is 11.9. The average Bonchev–Trinajstić information content (AvgIpc) is 2.74. The number of benzene rings is 1. The fraction of sp³-hybridized carbons (Fsp3) is 0.167. The van der Waals surface area contributed by atoms with E-state index in [-0.39, 0.29) is 16.5 Å². The van der Waals surface area contributed by atoms with Crippen molar-refractivity contribution in [2.75, 3.05) is 5.32 Å². The predicted molar refractivity (Wildman–Crippen MR) is 73.7 cm³/mol. The summed E-state index contributed by atoms with van der Waals surface area (Å²) in [7, 11) is -2.00. The van der Waals surface area contributed by atoms with Gasteiger partial charge in [0.2, 0.25) is 10.0 Å². The highest BCUT2D eigenvalue weighted by Crippen LogP contribution is 2.18. The number of imidazole rings is 1. The van der Waals surface area contributed by atoms with Gasteiger partial charge in [0.1, 0.15) is 5.69 Å². The molecule has 0 bridgehead atoms. The van der Waals surface area contributed by atoms with Crippen LogP contribution in [0.4, 0.5) is 5.69 Å². The molecule has 20 heavy (non-hydrogen) atoms. The van der Waals surface area contributed by atoms with E-state index in [0.29, 0.717) is 11.3 Å². The maximum atomic E-state index is 11.9. The lowest BCUT2D eigenvalue weighted by Gasteiger charge is -2.07. The summed E-state index contributed by atoms with van der Waals surface area (Å²) in [6.45, 7) is 1.61. The van der Waals surface area contributed by atoms with Crippen LogP contribution >= 0.6 is 0 Å². The van der Waals surface area contributed by atoms with Crippen molar-refractivity contribution in [2.24, 2.45) is 12.2 Å². The minimum absolute atomic E-state index is 0.0355. The number of hydrogen-bond donors (Lipinski definition) is 2. The zero-order valence-corrected chi connectivity index (χ0v) is 11.8. The molecule has 1 aromatic carbocycles. The quantitative estimate of drug-likeness (QED) is 0.865. The standard InChI is InChI=1S/C12H14N4O3S/c1-8-5-9(3-4-11(8)20(13,18)19)15-12(17)10-6-16(2)7-14-10/h3-7H,1-2H3,(H,15,17)(H2,13,18,19). The molecule has 7 nitrogen and oxygen atoms in total. The van der Waals surface area contributed by atoms with E-state index in [0.717, 1.165) is 0 Å². The number of anilines is 1. The minimum atomic E-state index is -3.76. The molecule has 0 aliphatic rings. The molecule has 1 heterocycles. The molecule has 0 saturated heterocycles. The van der Waals surface area contributed by atoms with Crippen molar-refractivity contribution in [3.05, 3.63) is 42.0 Å². The van der Waals surface area contributed by atoms with Crippen LogP contribution in [0.5, 0.6) is 0 Å². The summed E-state index contributed by atoms with van der Waals surface area (Å²) >= 11 is 0. The van der Waals surface area contributed by atoms with Gasteiger partial charge in [0.05, 0.1) is 11.2 Å². The fourth-order valence-electron chi connectivity index (χ4n) is 1.77. The molecule has 3 N–H and O–H groups in total. The van der Waals surface area contributed by atoms with Crippen molar-refractivity contribution >= 4 is 21.6 Å². The van der Waals surface area contributed by atoms with Crippen molar-refractivity contribution in [2.45, 2.75) is 11.8 Å². The summed E-state index contributed by atoms with van der Waals surface area (Å²) in [4.78, 5) is 15.9. The highest BCUT2D eigenvalue weighted by atomic mass is 32.2. The number of primary sulfonamides is 1. The lowest BCUT2D eigenvalue weighted by molar-refractivity contribution is 0.102. The molecule has 0 saturated carbocycles. The van der Waals surface area contributed by atoms with Gasteiger partial charge in [-0.15, -0.1) is 0 Å². The monoisotopic (exact) mass is 294 g/mol. The Morgan fingerprint density at radius 1 is 1.40 bits per heavy atom. The molecule has 1 aromatic heterocycles.